The third-order valence-corrected chi connectivity index (χ3v) is 8.18. The fourth-order valence-corrected chi connectivity index (χ4v) is 6.24. The maximum Gasteiger partial charge on any atom is 0.319 e. The third-order valence-electron chi connectivity index (χ3n) is 5.86. The number of amides is 2. The number of rotatable bonds is 8. The van der Waals surface area contributed by atoms with E-state index in [0.29, 0.717) is 0 Å². The van der Waals surface area contributed by atoms with Gasteiger partial charge >= 0.3 is 6.03 Å². The normalized spacial score (nSPS) is 12.7. The van der Waals surface area contributed by atoms with E-state index < -0.39 is 8.15 Å². The molecule has 4 rings (SSSR count). The van der Waals surface area contributed by atoms with Gasteiger partial charge in [-0.25, -0.2) is 4.79 Å². The van der Waals surface area contributed by atoms with Gasteiger partial charge in [-0.1, -0.05) is 97.1 Å². The van der Waals surface area contributed by atoms with Gasteiger partial charge in [0.05, 0.1) is 14.2 Å². The van der Waals surface area contributed by atoms with E-state index in [9.17, 15) is 4.79 Å². The molecule has 0 saturated heterocycles. The molecule has 178 valence electrons. The first kappa shape index (κ1) is 24.7. The van der Waals surface area contributed by atoms with Crippen molar-refractivity contribution in [1.82, 2.24) is 5.32 Å². The summed E-state index contributed by atoms with van der Waals surface area (Å²) in [7, 11) is -1.13. The molecule has 4 nitrogen and oxygen atoms in total. The molecule has 5 heteroatoms. The zero-order chi connectivity index (χ0) is 24.6. The van der Waals surface area contributed by atoms with Gasteiger partial charge in [0.2, 0.25) is 0 Å². The highest BCUT2D eigenvalue weighted by atomic mass is 31.1. The third kappa shape index (κ3) is 6.36. The lowest BCUT2D eigenvalue weighted by atomic mass is 10.0. The van der Waals surface area contributed by atoms with Crippen LogP contribution in [0.2, 0.25) is 0 Å². The first-order valence-electron chi connectivity index (χ1n) is 11.8. The van der Waals surface area contributed by atoms with Gasteiger partial charge in [0.15, 0.2) is 0 Å². The predicted molar refractivity (Wildman–Crippen MR) is 147 cm³/mol. The van der Waals surface area contributed by atoms with Gasteiger partial charge in [-0.05, 0) is 49.6 Å². The Kier molecular flexibility index (Phi) is 8.31. The van der Waals surface area contributed by atoms with Crippen LogP contribution in [0.15, 0.2) is 109 Å². The second kappa shape index (κ2) is 11.8. The molecule has 0 aliphatic carbocycles. The predicted octanol–water partition coefficient (Wildman–Crippen LogP) is 6.62. The van der Waals surface area contributed by atoms with Crippen LogP contribution >= 0.6 is 8.15 Å². The Morgan fingerprint density at radius 3 is 1.74 bits per heavy atom. The zero-order valence-corrected chi connectivity index (χ0v) is 21.2. The summed E-state index contributed by atoms with van der Waals surface area (Å²) in [5, 5.41) is 8.37. The summed E-state index contributed by atoms with van der Waals surface area (Å²) in [6.45, 7) is 6.24. The minimum atomic E-state index is -1.13. The average molecular weight is 483 g/mol. The van der Waals surface area contributed by atoms with Crippen molar-refractivity contribution in [2.24, 2.45) is 0 Å². The van der Waals surface area contributed by atoms with Gasteiger partial charge in [0, 0.05) is 16.3 Å². The Bertz CT molecular complexity index is 1200. The molecular weight excluding hydrogens is 451 g/mol. The van der Waals surface area contributed by atoms with Crippen LogP contribution < -0.4 is 21.2 Å². The zero-order valence-electron chi connectivity index (χ0n) is 20.3. The van der Waals surface area contributed by atoms with E-state index in [-0.39, 0.29) is 18.2 Å². The molecule has 0 saturated carbocycles. The number of carbonyl (C=O) groups is 1. The summed E-state index contributed by atoms with van der Waals surface area (Å²) in [6, 6.07) is 35.8. The first-order chi connectivity index (χ1) is 17.0. The van der Waals surface area contributed by atoms with Crippen LogP contribution in [-0.2, 0) is 4.52 Å². The lowest BCUT2D eigenvalue weighted by Gasteiger charge is -2.31. The number of urea groups is 1. The number of anilines is 1. The van der Waals surface area contributed by atoms with Gasteiger partial charge in [0.25, 0.3) is 0 Å². The number of hydrogen-bond donors (Lipinski definition) is 2. The van der Waals surface area contributed by atoms with E-state index in [0.717, 1.165) is 11.3 Å². The summed E-state index contributed by atoms with van der Waals surface area (Å²) >= 11 is 0. The molecule has 0 spiro atoms. The smallest absolute Gasteiger partial charge is 0.319 e. The van der Waals surface area contributed by atoms with Crippen molar-refractivity contribution in [2.75, 3.05) is 5.32 Å². The molecule has 2 amide bonds. The van der Waals surface area contributed by atoms with Crippen molar-refractivity contribution < 1.29 is 9.32 Å². The minimum absolute atomic E-state index is 0.260. The lowest BCUT2D eigenvalue weighted by Crippen LogP contribution is -2.40. The standard InChI is InChI=1S/C30H31N2O2P/c1-22-14-10-12-20-27(22)35(28-21-13-11-15-23(28)2)34-29(25-16-6-4-7-17-25)24(3)31-30(33)32-26-18-8-5-9-19-26/h4-21,24,29H,1-3H3,(H2,31,32,33)/t24-,29+/m0/s1. The van der Waals surface area contributed by atoms with Gasteiger partial charge in [-0.3, -0.25) is 0 Å². The van der Waals surface area contributed by atoms with E-state index in [1.165, 1.54) is 21.7 Å². The highest BCUT2D eigenvalue weighted by Crippen LogP contribution is 2.43. The molecule has 2 atom stereocenters. The summed E-state index contributed by atoms with van der Waals surface area (Å²) in [6.07, 6.45) is -0.344. The number of hydrogen-bond acceptors (Lipinski definition) is 2. The number of para-hydroxylation sites is 1. The Labute approximate surface area is 209 Å². The Hall–Kier alpha value is -3.46. The monoisotopic (exact) mass is 482 g/mol. The maximum atomic E-state index is 12.8. The van der Waals surface area contributed by atoms with Crippen LogP contribution in [0, 0.1) is 13.8 Å². The fourth-order valence-electron chi connectivity index (χ4n) is 3.99. The molecule has 2 N–H and O–H groups in total. The van der Waals surface area contributed by atoms with Crippen LogP contribution in [0.4, 0.5) is 10.5 Å². The topological polar surface area (TPSA) is 50.4 Å². The number of aryl methyl sites for hydroxylation is 2. The largest absolute Gasteiger partial charge is 0.340 e. The van der Waals surface area contributed by atoms with Gasteiger partial charge in [-0.15, -0.1) is 0 Å². The Morgan fingerprint density at radius 2 is 1.20 bits per heavy atom. The van der Waals surface area contributed by atoms with E-state index in [1.54, 1.807) is 0 Å². The summed E-state index contributed by atoms with van der Waals surface area (Å²) in [5.41, 5.74) is 4.15. The molecule has 0 aliphatic heterocycles. The van der Waals surface area contributed by atoms with Crippen LogP contribution in [-0.4, -0.2) is 12.1 Å². The van der Waals surface area contributed by atoms with Crippen molar-refractivity contribution in [3.63, 3.8) is 0 Å². The van der Waals surface area contributed by atoms with Crippen molar-refractivity contribution in [3.05, 3.63) is 126 Å². The minimum Gasteiger partial charge on any atom is -0.340 e. The molecule has 4 aromatic carbocycles. The summed E-state index contributed by atoms with van der Waals surface area (Å²) < 4.78 is 7.01. The van der Waals surface area contributed by atoms with Gasteiger partial charge in [0.1, 0.15) is 6.10 Å². The van der Waals surface area contributed by atoms with E-state index in [4.69, 9.17) is 4.52 Å². The van der Waals surface area contributed by atoms with Crippen LogP contribution in [0.1, 0.15) is 29.7 Å². The highest BCUT2D eigenvalue weighted by Gasteiger charge is 2.29. The van der Waals surface area contributed by atoms with Gasteiger partial charge < -0.3 is 15.2 Å². The lowest BCUT2D eigenvalue weighted by molar-refractivity contribution is 0.185. The number of carbonyl (C=O) groups excluding carboxylic acids is 1. The van der Waals surface area contributed by atoms with Crippen LogP contribution in [0.3, 0.4) is 0 Å². The summed E-state index contributed by atoms with van der Waals surface area (Å²) in [4.78, 5) is 12.8. The number of benzene rings is 4. The molecule has 0 radical (unpaired) electrons. The first-order valence-corrected chi connectivity index (χ1v) is 13.0. The Balaban J connectivity index is 1.66. The fraction of sp³-hybridized carbons (Fsp3) is 0.167. The maximum absolute atomic E-state index is 12.8. The highest BCUT2D eigenvalue weighted by molar-refractivity contribution is 7.68. The van der Waals surface area contributed by atoms with Crippen LogP contribution in [0.25, 0.3) is 0 Å². The molecule has 0 fully saturated rings. The molecular formula is C30H31N2O2P. The van der Waals surface area contributed by atoms with Crippen molar-refractivity contribution >= 4 is 30.5 Å². The molecule has 4 aromatic rings. The number of nitrogens with one attached hydrogen (secondary N) is 2. The van der Waals surface area contributed by atoms with E-state index in [2.05, 4.69) is 85.1 Å². The Morgan fingerprint density at radius 1 is 0.714 bits per heavy atom. The molecule has 0 aliphatic rings. The quantitative estimate of drug-likeness (QED) is 0.277. The van der Waals surface area contributed by atoms with Crippen molar-refractivity contribution in [3.8, 4) is 0 Å². The average Bonchev–Trinajstić information content (AvgIpc) is 2.87. The van der Waals surface area contributed by atoms with Crippen LogP contribution in [0.5, 0.6) is 0 Å². The van der Waals surface area contributed by atoms with Gasteiger partial charge in [-0.2, -0.15) is 0 Å². The molecule has 0 unspecified atom stereocenters. The molecule has 0 bridgehead atoms. The SMILES string of the molecule is Cc1ccccc1P(O[C@@H](c1ccccc1)[C@H](C)NC(=O)Nc1ccccc1)c1ccccc1C. The van der Waals surface area contributed by atoms with Crippen molar-refractivity contribution in [1.29, 1.82) is 0 Å². The second-order valence-corrected chi connectivity index (χ2v) is 10.3. The summed E-state index contributed by atoms with van der Waals surface area (Å²) in [5.74, 6) is 0. The second-order valence-electron chi connectivity index (χ2n) is 8.56. The van der Waals surface area contributed by atoms with E-state index in [1.807, 2.05) is 55.5 Å². The van der Waals surface area contributed by atoms with Crippen molar-refractivity contribution in [2.45, 2.75) is 32.9 Å². The molecule has 35 heavy (non-hydrogen) atoms. The van der Waals surface area contributed by atoms with E-state index >= 15 is 0 Å². The molecule has 0 aromatic heterocycles. The molecule has 0 heterocycles.